The van der Waals surface area contributed by atoms with Crippen molar-refractivity contribution in [3.63, 3.8) is 0 Å². The topological polar surface area (TPSA) is 34.1 Å². The van der Waals surface area contributed by atoms with Crippen LogP contribution in [0.1, 0.15) is 36.4 Å². The Bertz CT molecular complexity index is 453. The van der Waals surface area contributed by atoms with Crippen molar-refractivity contribution < 1.29 is 17.9 Å². The van der Waals surface area contributed by atoms with Crippen LogP contribution in [0.15, 0.2) is 5.38 Å². The van der Waals surface area contributed by atoms with E-state index in [1.54, 1.807) is 7.11 Å². The van der Waals surface area contributed by atoms with Crippen LogP contribution in [0.5, 0.6) is 0 Å². The molecule has 21 heavy (non-hydrogen) atoms. The number of nitrogens with one attached hydrogen (secondary N) is 1. The highest BCUT2D eigenvalue weighted by Gasteiger charge is 2.47. The normalized spacial score (nSPS) is 27.0. The third kappa shape index (κ3) is 3.96. The van der Waals surface area contributed by atoms with Gasteiger partial charge in [-0.25, -0.2) is 4.98 Å². The second-order valence-electron chi connectivity index (χ2n) is 5.61. The molecule has 0 spiro atoms. The van der Waals surface area contributed by atoms with Crippen molar-refractivity contribution >= 4 is 11.3 Å². The quantitative estimate of drug-likeness (QED) is 0.841. The number of aryl methyl sites for hydroxylation is 1. The second-order valence-corrected chi connectivity index (χ2v) is 6.47. The summed E-state index contributed by atoms with van der Waals surface area (Å²) in [6, 6.07) is 0. The molecule has 7 heteroatoms. The minimum Gasteiger partial charge on any atom is -0.383 e. The minimum absolute atomic E-state index is 0.155. The second kappa shape index (κ2) is 6.62. The van der Waals surface area contributed by atoms with Gasteiger partial charge in [0.25, 0.3) is 0 Å². The van der Waals surface area contributed by atoms with E-state index in [2.05, 4.69) is 10.3 Å². The molecule has 0 amide bonds. The maximum atomic E-state index is 12.9. The van der Waals surface area contributed by atoms with Crippen LogP contribution in [-0.2, 0) is 10.3 Å². The van der Waals surface area contributed by atoms with E-state index in [-0.39, 0.29) is 12.8 Å². The first-order valence-electron chi connectivity index (χ1n) is 7.11. The van der Waals surface area contributed by atoms with Gasteiger partial charge in [0, 0.05) is 24.7 Å². The number of halogens is 3. The van der Waals surface area contributed by atoms with Crippen molar-refractivity contribution in [3.05, 3.63) is 16.1 Å². The first-order valence-corrected chi connectivity index (χ1v) is 7.99. The number of hydrogen-bond donors (Lipinski definition) is 1. The van der Waals surface area contributed by atoms with E-state index in [0.717, 1.165) is 10.7 Å². The smallest absolute Gasteiger partial charge is 0.383 e. The zero-order chi connectivity index (χ0) is 15.5. The number of hydrogen-bond acceptors (Lipinski definition) is 4. The number of alkyl halides is 3. The molecule has 0 bridgehead atoms. The summed E-state index contributed by atoms with van der Waals surface area (Å²) >= 11 is 1.53. The molecule has 1 aliphatic rings. The monoisotopic (exact) mass is 322 g/mol. The predicted molar refractivity (Wildman–Crippen MR) is 76.4 cm³/mol. The summed E-state index contributed by atoms with van der Waals surface area (Å²) in [6.07, 6.45) is -2.84. The molecule has 1 aromatic rings. The maximum absolute atomic E-state index is 12.9. The number of rotatable bonds is 5. The SMILES string of the molecule is COCCNC1(c2nc(C)cs2)CCC(C(F)(F)F)CC1. The molecule has 120 valence electrons. The molecule has 3 nitrogen and oxygen atoms in total. The molecule has 1 aliphatic carbocycles. The van der Waals surface area contributed by atoms with Crippen molar-refractivity contribution in [1.82, 2.24) is 10.3 Å². The molecular weight excluding hydrogens is 301 g/mol. The van der Waals surface area contributed by atoms with Crippen LogP contribution < -0.4 is 5.32 Å². The zero-order valence-corrected chi connectivity index (χ0v) is 13.1. The molecule has 1 heterocycles. The minimum atomic E-state index is -4.09. The van der Waals surface area contributed by atoms with E-state index >= 15 is 0 Å². The van der Waals surface area contributed by atoms with Crippen molar-refractivity contribution in [2.45, 2.75) is 44.3 Å². The Morgan fingerprint density at radius 2 is 2.10 bits per heavy atom. The van der Waals surface area contributed by atoms with Crippen LogP contribution in [0.25, 0.3) is 0 Å². The number of thiazole rings is 1. The Kier molecular flexibility index (Phi) is 5.27. The molecule has 1 fully saturated rings. The van der Waals surface area contributed by atoms with Gasteiger partial charge in [0.2, 0.25) is 0 Å². The van der Waals surface area contributed by atoms with Gasteiger partial charge >= 0.3 is 6.18 Å². The van der Waals surface area contributed by atoms with Crippen LogP contribution in [0.2, 0.25) is 0 Å². The average molecular weight is 322 g/mol. The molecule has 0 saturated heterocycles. The molecule has 1 N–H and O–H groups in total. The molecule has 0 aromatic carbocycles. The van der Waals surface area contributed by atoms with Crippen LogP contribution in [0, 0.1) is 12.8 Å². The first kappa shape index (κ1) is 16.7. The summed E-state index contributed by atoms with van der Waals surface area (Å²) in [5.74, 6) is -1.18. The number of ether oxygens (including phenoxy) is 1. The molecular formula is C14H21F3N2OS. The fraction of sp³-hybridized carbons (Fsp3) is 0.786. The largest absolute Gasteiger partial charge is 0.391 e. The van der Waals surface area contributed by atoms with Gasteiger partial charge in [-0.3, -0.25) is 0 Å². The fourth-order valence-corrected chi connectivity index (χ4v) is 3.90. The molecule has 0 atom stereocenters. The van der Waals surface area contributed by atoms with Gasteiger partial charge in [0.15, 0.2) is 0 Å². The highest BCUT2D eigenvalue weighted by atomic mass is 32.1. The van der Waals surface area contributed by atoms with Gasteiger partial charge in [-0.15, -0.1) is 11.3 Å². The van der Waals surface area contributed by atoms with Crippen molar-refractivity contribution in [2.24, 2.45) is 5.92 Å². The van der Waals surface area contributed by atoms with E-state index in [9.17, 15) is 13.2 Å². The Balaban J connectivity index is 2.12. The maximum Gasteiger partial charge on any atom is 0.391 e. The van der Waals surface area contributed by atoms with E-state index in [1.807, 2.05) is 12.3 Å². The fourth-order valence-electron chi connectivity index (χ4n) is 2.87. The number of nitrogens with zero attached hydrogens (tertiary/aromatic N) is 1. The highest BCUT2D eigenvalue weighted by Crippen LogP contribution is 2.45. The first-order chi connectivity index (χ1) is 9.87. The lowest BCUT2D eigenvalue weighted by molar-refractivity contribution is -0.185. The lowest BCUT2D eigenvalue weighted by atomic mass is 9.76. The molecule has 2 rings (SSSR count). The summed E-state index contributed by atoms with van der Waals surface area (Å²) in [5, 5.41) is 6.24. The third-order valence-corrected chi connectivity index (χ3v) is 5.26. The van der Waals surface area contributed by atoms with E-state index in [0.29, 0.717) is 26.0 Å². The van der Waals surface area contributed by atoms with Crippen LogP contribution >= 0.6 is 11.3 Å². The van der Waals surface area contributed by atoms with E-state index in [4.69, 9.17) is 4.74 Å². The van der Waals surface area contributed by atoms with Gasteiger partial charge in [-0.2, -0.15) is 13.2 Å². The van der Waals surface area contributed by atoms with E-state index in [1.165, 1.54) is 11.3 Å². The van der Waals surface area contributed by atoms with Crippen molar-refractivity contribution in [3.8, 4) is 0 Å². The van der Waals surface area contributed by atoms with Gasteiger partial charge in [-0.05, 0) is 32.6 Å². The Labute approximate surface area is 126 Å². The lowest BCUT2D eigenvalue weighted by Crippen LogP contribution is -2.48. The molecule has 0 radical (unpaired) electrons. The van der Waals surface area contributed by atoms with E-state index < -0.39 is 17.6 Å². The Morgan fingerprint density at radius 3 is 2.57 bits per heavy atom. The summed E-state index contributed by atoms with van der Waals surface area (Å²) in [6.45, 7) is 3.06. The summed E-state index contributed by atoms with van der Waals surface area (Å²) in [5.41, 5.74) is 0.486. The predicted octanol–water partition coefficient (Wildman–Crippen LogP) is 3.64. The molecule has 1 saturated carbocycles. The van der Waals surface area contributed by atoms with Crippen molar-refractivity contribution in [2.75, 3.05) is 20.3 Å². The summed E-state index contributed by atoms with van der Waals surface area (Å²) in [7, 11) is 1.61. The summed E-state index contributed by atoms with van der Waals surface area (Å²) in [4.78, 5) is 4.51. The van der Waals surface area contributed by atoms with Gasteiger partial charge < -0.3 is 10.1 Å². The van der Waals surface area contributed by atoms with Crippen LogP contribution in [0.3, 0.4) is 0 Å². The highest BCUT2D eigenvalue weighted by molar-refractivity contribution is 7.09. The van der Waals surface area contributed by atoms with Gasteiger partial charge in [0.1, 0.15) is 5.01 Å². The average Bonchev–Trinajstić information content (AvgIpc) is 2.86. The van der Waals surface area contributed by atoms with Crippen LogP contribution in [-0.4, -0.2) is 31.4 Å². The van der Waals surface area contributed by atoms with Gasteiger partial charge in [0.05, 0.1) is 18.1 Å². The molecule has 0 aliphatic heterocycles. The summed E-state index contributed by atoms with van der Waals surface area (Å²) < 4.78 is 43.6. The standard InChI is InChI=1S/C14H21F3N2OS/c1-10-9-21-12(19-10)13(18-7-8-20-2)5-3-11(4-6-13)14(15,16)17/h9,11,18H,3-8H2,1-2H3. The number of aromatic nitrogens is 1. The lowest BCUT2D eigenvalue weighted by Gasteiger charge is -2.40. The Morgan fingerprint density at radius 1 is 1.43 bits per heavy atom. The van der Waals surface area contributed by atoms with Crippen molar-refractivity contribution in [1.29, 1.82) is 0 Å². The number of methoxy groups -OCH3 is 1. The third-order valence-electron chi connectivity index (χ3n) is 4.10. The molecule has 1 aromatic heterocycles. The molecule has 0 unspecified atom stereocenters. The van der Waals surface area contributed by atoms with Gasteiger partial charge in [-0.1, -0.05) is 0 Å². The van der Waals surface area contributed by atoms with Crippen LogP contribution in [0.4, 0.5) is 13.2 Å². The Hall–Kier alpha value is -0.660. The zero-order valence-electron chi connectivity index (χ0n) is 12.3.